The molecule has 0 saturated carbocycles. The number of aromatic nitrogens is 2. The van der Waals surface area contributed by atoms with Crippen molar-refractivity contribution in [1.82, 2.24) is 19.8 Å². The van der Waals surface area contributed by atoms with Gasteiger partial charge in [-0.15, -0.1) is 11.3 Å². The smallest absolute Gasteiger partial charge is 0.262 e. The Hall–Kier alpha value is -2.10. The predicted octanol–water partition coefficient (Wildman–Crippen LogP) is 2.88. The fraction of sp³-hybridized carbons (Fsp3) is 0.421. The van der Waals surface area contributed by atoms with Crippen molar-refractivity contribution in [3.05, 3.63) is 46.0 Å². The van der Waals surface area contributed by atoms with Crippen LogP contribution in [0.5, 0.6) is 0 Å². The quantitative estimate of drug-likeness (QED) is 0.424. The number of likely N-dealkylation sites (N-methyl/N-ethyl adjacent to an activating group) is 1. The standard InChI is InChI=1S/C19H24N4O3S2/c1-4-23(5-2)14(15-7-6-9-26-15)11-20-16(24)12-28-19-21-17-13(8-10-27-17)18(25)22(19)3/h6-10,14H,4-5,11-12H2,1-3H3,(H,20,24). The Labute approximate surface area is 171 Å². The van der Waals surface area contributed by atoms with Crippen LogP contribution in [0.4, 0.5) is 0 Å². The number of carbonyl (C=O) groups excluding carboxylic acids is 1. The number of carbonyl (C=O) groups is 1. The van der Waals surface area contributed by atoms with Gasteiger partial charge in [0.15, 0.2) is 5.16 Å². The number of hydrogen-bond acceptors (Lipinski definition) is 7. The van der Waals surface area contributed by atoms with E-state index in [4.69, 9.17) is 4.42 Å². The van der Waals surface area contributed by atoms with Gasteiger partial charge in [-0.1, -0.05) is 25.6 Å². The van der Waals surface area contributed by atoms with Crippen molar-refractivity contribution in [2.45, 2.75) is 25.0 Å². The zero-order valence-corrected chi connectivity index (χ0v) is 17.8. The summed E-state index contributed by atoms with van der Waals surface area (Å²) in [5.41, 5.74) is -0.0893. The first-order valence-corrected chi connectivity index (χ1v) is 11.0. The van der Waals surface area contributed by atoms with Gasteiger partial charge in [-0.3, -0.25) is 19.1 Å². The molecular formula is C19H24N4O3S2. The number of hydrogen-bond donors (Lipinski definition) is 1. The van der Waals surface area contributed by atoms with Crippen molar-refractivity contribution >= 4 is 39.2 Å². The summed E-state index contributed by atoms with van der Waals surface area (Å²) in [6.45, 7) is 6.36. The highest BCUT2D eigenvalue weighted by Gasteiger charge is 2.21. The number of rotatable bonds is 9. The molecule has 7 nitrogen and oxygen atoms in total. The van der Waals surface area contributed by atoms with Crippen LogP contribution in [0.15, 0.2) is 44.2 Å². The molecule has 0 aliphatic heterocycles. The fourth-order valence-electron chi connectivity index (χ4n) is 3.06. The van der Waals surface area contributed by atoms with Gasteiger partial charge >= 0.3 is 0 Å². The number of thioether (sulfide) groups is 1. The second-order valence-corrected chi connectivity index (χ2v) is 8.08. The summed E-state index contributed by atoms with van der Waals surface area (Å²) >= 11 is 2.69. The van der Waals surface area contributed by atoms with Crippen molar-refractivity contribution in [2.24, 2.45) is 7.05 Å². The summed E-state index contributed by atoms with van der Waals surface area (Å²) in [6.07, 6.45) is 1.65. The first-order valence-electron chi connectivity index (χ1n) is 9.16. The molecule has 0 aromatic carbocycles. The molecule has 3 aromatic heterocycles. The third-order valence-electron chi connectivity index (χ3n) is 4.61. The van der Waals surface area contributed by atoms with Crippen molar-refractivity contribution in [2.75, 3.05) is 25.4 Å². The number of amides is 1. The molecule has 1 atom stereocenters. The third-order valence-corrected chi connectivity index (χ3v) is 6.45. The van der Waals surface area contributed by atoms with Gasteiger partial charge in [0.25, 0.3) is 5.56 Å². The van der Waals surface area contributed by atoms with E-state index in [0.29, 0.717) is 21.9 Å². The lowest BCUT2D eigenvalue weighted by molar-refractivity contribution is -0.118. The van der Waals surface area contributed by atoms with E-state index in [1.54, 1.807) is 19.4 Å². The first kappa shape index (κ1) is 20.6. The van der Waals surface area contributed by atoms with E-state index < -0.39 is 0 Å². The molecule has 0 aliphatic carbocycles. The largest absolute Gasteiger partial charge is 0.468 e. The minimum absolute atomic E-state index is 0.0103. The minimum atomic E-state index is -0.103. The van der Waals surface area contributed by atoms with Crippen molar-refractivity contribution in [3.63, 3.8) is 0 Å². The summed E-state index contributed by atoms with van der Waals surface area (Å²) in [6, 6.07) is 5.55. The van der Waals surface area contributed by atoms with Crippen molar-refractivity contribution < 1.29 is 9.21 Å². The lowest BCUT2D eigenvalue weighted by atomic mass is 10.2. The Morgan fingerprint density at radius 2 is 2.18 bits per heavy atom. The van der Waals surface area contributed by atoms with E-state index in [1.807, 2.05) is 17.5 Å². The maximum absolute atomic E-state index is 12.4. The molecule has 3 aromatic rings. The Morgan fingerprint density at radius 3 is 2.86 bits per heavy atom. The van der Waals surface area contributed by atoms with Crippen LogP contribution in [0.3, 0.4) is 0 Å². The van der Waals surface area contributed by atoms with Crippen LogP contribution in [0, 0.1) is 0 Å². The molecule has 1 unspecified atom stereocenters. The number of fused-ring (bicyclic) bond motifs is 1. The molecule has 0 fully saturated rings. The molecular weight excluding hydrogens is 396 g/mol. The van der Waals surface area contributed by atoms with E-state index in [9.17, 15) is 9.59 Å². The van der Waals surface area contributed by atoms with Crippen LogP contribution in [0.1, 0.15) is 25.6 Å². The molecule has 3 rings (SSSR count). The van der Waals surface area contributed by atoms with Crippen molar-refractivity contribution in [1.29, 1.82) is 0 Å². The number of nitrogens with one attached hydrogen (secondary N) is 1. The molecule has 0 saturated heterocycles. The third kappa shape index (κ3) is 4.48. The fourth-order valence-corrected chi connectivity index (χ4v) is 4.66. The highest BCUT2D eigenvalue weighted by atomic mass is 32.2. The molecule has 28 heavy (non-hydrogen) atoms. The highest BCUT2D eigenvalue weighted by molar-refractivity contribution is 7.99. The topological polar surface area (TPSA) is 80.4 Å². The first-order chi connectivity index (χ1) is 13.5. The van der Waals surface area contributed by atoms with Crippen LogP contribution in [0.25, 0.3) is 10.2 Å². The molecule has 0 radical (unpaired) electrons. The zero-order valence-electron chi connectivity index (χ0n) is 16.2. The van der Waals surface area contributed by atoms with Gasteiger partial charge in [-0.2, -0.15) is 0 Å². The highest BCUT2D eigenvalue weighted by Crippen LogP contribution is 2.22. The average molecular weight is 421 g/mol. The summed E-state index contributed by atoms with van der Waals surface area (Å²) in [4.78, 5) is 32.2. The Morgan fingerprint density at radius 1 is 1.39 bits per heavy atom. The van der Waals surface area contributed by atoms with Crippen LogP contribution in [0.2, 0.25) is 0 Å². The van der Waals surface area contributed by atoms with Gasteiger partial charge < -0.3 is 9.73 Å². The lowest BCUT2D eigenvalue weighted by Gasteiger charge is -2.28. The van der Waals surface area contributed by atoms with E-state index in [-0.39, 0.29) is 23.3 Å². The molecule has 9 heteroatoms. The average Bonchev–Trinajstić information content (AvgIpc) is 3.38. The van der Waals surface area contributed by atoms with Crippen LogP contribution in [-0.2, 0) is 11.8 Å². The minimum Gasteiger partial charge on any atom is -0.468 e. The predicted molar refractivity (Wildman–Crippen MR) is 113 cm³/mol. The van der Waals surface area contributed by atoms with Crippen LogP contribution < -0.4 is 10.9 Å². The van der Waals surface area contributed by atoms with Crippen molar-refractivity contribution in [3.8, 4) is 0 Å². The van der Waals surface area contributed by atoms with E-state index in [2.05, 4.69) is 29.0 Å². The molecule has 0 bridgehead atoms. The zero-order chi connectivity index (χ0) is 20.1. The van der Waals surface area contributed by atoms with E-state index in [0.717, 1.165) is 18.8 Å². The maximum atomic E-state index is 12.4. The number of furan rings is 1. The van der Waals surface area contributed by atoms with Gasteiger partial charge in [0.2, 0.25) is 5.91 Å². The number of thiophene rings is 1. The molecule has 1 N–H and O–H groups in total. The summed E-state index contributed by atoms with van der Waals surface area (Å²) < 4.78 is 7.05. The monoisotopic (exact) mass is 420 g/mol. The van der Waals surface area contributed by atoms with Crippen LogP contribution in [-0.4, -0.2) is 45.7 Å². The molecule has 1 amide bonds. The molecule has 3 heterocycles. The molecule has 0 aliphatic rings. The van der Waals surface area contributed by atoms with Gasteiger partial charge in [0.1, 0.15) is 10.6 Å². The SMILES string of the molecule is CCN(CC)C(CNC(=O)CSc1nc2sccc2c(=O)n1C)c1ccco1. The summed E-state index contributed by atoms with van der Waals surface area (Å²) in [7, 11) is 1.68. The van der Waals surface area contributed by atoms with Gasteiger partial charge in [-0.05, 0) is 36.7 Å². The normalized spacial score (nSPS) is 12.6. The van der Waals surface area contributed by atoms with E-state index >= 15 is 0 Å². The van der Waals surface area contributed by atoms with Gasteiger partial charge in [0, 0.05) is 13.6 Å². The lowest BCUT2D eigenvalue weighted by Crippen LogP contribution is -2.38. The Bertz CT molecular complexity index is 977. The number of nitrogens with zero attached hydrogens (tertiary/aromatic N) is 3. The van der Waals surface area contributed by atoms with E-state index in [1.165, 1.54) is 27.7 Å². The summed E-state index contributed by atoms with van der Waals surface area (Å²) in [5, 5.41) is 5.99. The second-order valence-electron chi connectivity index (χ2n) is 6.24. The summed E-state index contributed by atoms with van der Waals surface area (Å²) in [5.74, 6) is 0.929. The van der Waals surface area contributed by atoms with Crippen LogP contribution >= 0.6 is 23.1 Å². The Balaban J connectivity index is 1.62. The maximum Gasteiger partial charge on any atom is 0.262 e. The van der Waals surface area contributed by atoms with Gasteiger partial charge in [0.05, 0.1) is 23.4 Å². The molecule has 150 valence electrons. The van der Waals surface area contributed by atoms with Gasteiger partial charge in [-0.25, -0.2) is 4.98 Å². The Kier molecular flexibility index (Phi) is 6.93. The molecule has 0 spiro atoms. The second kappa shape index (κ2) is 9.40.